The molecule has 3 N–H and O–H groups in total. The SMILES string of the molecule is O=C(N/N=C\c1ccccc1O)c1cc(=O)[nH]c2ccccc12. The number of phenolic OH excluding ortho intramolecular Hbond substituents is 1. The van der Waals surface area contributed by atoms with Crippen molar-refractivity contribution in [3.8, 4) is 5.75 Å². The number of aromatic nitrogens is 1. The Hall–Kier alpha value is -3.41. The Kier molecular flexibility index (Phi) is 3.88. The van der Waals surface area contributed by atoms with E-state index < -0.39 is 5.91 Å². The molecule has 6 heteroatoms. The van der Waals surface area contributed by atoms with E-state index >= 15 is 0 Å². The van der Waals surface area contributed by atoms with Crippen molar-refractivity contribution in [2.75, 3.05) is 0 Å². The van der Waals surface area contributed by atoms with E-state index in [0.29, 0.717) is 16.5 Å². The third-order valence-corrected chi connectivity index (χ3v) is 3.30. The Morgan fingerprint density at radius 1 is 1.13 bits per heavy atom. The number of nitrogens with zero attached hydrogens (tertiary/aromatic N) is 1. The van der Waals surface area contributed by atoms with Gasteiger partial charge in [-0.25, -0.2) is 5.43 Å². The lowest BCUT2D eigenvalue weighted by atomic mass is 10.1. The van der Waals surface area contributed by atoms with E-state index in [1.165, 1.54) is 18.3 Å². The van der Waals surface area contributed by atoms with Crippen LogP contribution in [0.1, 0.15) is 15.9 Å². The van der Waals surface area contributed by atoms with Gasteiger partial charge in [-0.05, 0) is 18.2 Å². The minimum absolute atomic E-state index is 0.0621. The van der Waals surface area contributed by atoms with Gasteiger partial charge < -0.3 is 10.1 Å². The summed E-state index contributed by atoms with van der Waals surface area (Å²) in [5, 5.41) is 14.1. The fourth-order valence-electron chi connectivity index (χ4n) is 2.21. The smallest absolute Gasteiger partial charge is 0.272 e. The molecule has 1 aromatic heterocycles. The lowest BCUT2D eigenvalue weighted by Gasteiger charge is -2.04. The average molecular weight is 307 g/mol. The number of rotatable bonds is 3. The Balaban J connectivity index is 1.87. The maximum absolute atomic E-state index is 12.2. The zero-order valence-corrected chi connectivity index (χ0v) is 12.0. The van der Waals surface area contributed by atoms with Gasteiger partial charge >= 0.3 is 0 Å². The molecule has 0 bridgehead atoms. The van der Waals surface area contributed by atoms with Gasteiger partial charge in [-0.1, -0.05) is 30.3 Å². The first kappa shape index (κ1) is 14.5. The lowest BCUT2D eigenvalue weighted by Crippen LogP contribution is -2.20. The van der Waals surface area contributed by atoms with Crippen molar-refractivity contribution in [3.05, 3.63) is 76.1 Å². The number of hydrazone groups is 1. The van der Waals surface area contributed by atoms with Gasteiger partial charge in [0.1, 0.15) is 5.75 Å². The van der Waals surface area contributed by atoms with E-state index in [0.717, 1.165) is 0 Å². The van der Waals surface area contributed by atoms with Gasteiger partial charge in [-0.3, -0.25) is 9.59 Å². The van der Waals surface area contributed by atoms with Crippen LogP contribution in [0, 0.1) is 0 Å². The van der Waals surface area contributed by atoms with Crippen molar-refractivity contribution in [2.45, 2.75) is 0 Å². The fraction of sp³-hybridized carbons (Fsp3) is 0. The lowest BCUT2D eigenvalue weighted by molar-refractivity contribution is 0.0956. The first-order valence-electron chi connectivity index (χ1n) is 6.88. The van der Waals surface area contributed by atoms with Crippen molar-refractivity contribution in [2.24, 2.45) is 5.10 Å². The molecule has 23 heavy (non-hydrogen) atoms. The zero-order chi connectivity index (χ0) is 16.2. The second-order valence-corrected chi connectivity index (χ2v) is 4.85. The number of nitrogens with one attached hydrogen (secondary N) is 2. The first-order chi connectivity index (χ1) is 11.1. The number of phenols is 1. The highest BCUT2D eigenvalue weighted by Crippen LogP contribution is 2.15. The molecule has 3 rings (SSSR count). The molecule has 0 aliphatic heterocycles. The molecule has 0 radical (unpaired) electrons. The van der Waals surface area contributed by atoms with Gasteiger partial charge in [0.15, 0.2) is 0 Å². The van der Waals surface area contributed by atoms with Crippen LogP contribution in [0.3, 0.4) is 0 Å². The van der Waals surface area contributed by atoms with Gasteiger partial charge in [-0.15, -0.1) is 0 Å². The molecule has 0 saturated heterocycles. The van der Waals surface area contributed by atoms with E-state index in [2.05, 4.69) is 15.5 Å². The number of para-hydroxylation sites is 2. The maximum Gasteiger partial charge on any atom is 0.272 e. The minimum Gasteiger partial charge on any atom is -0.507 e. The summed E-state index contributed by atoms with van der Waals surface area (Å²) in [5.41, 5.74) is 3.29. The molecule has 0 fully saturated rings. The molecular weight excluding hydrogens is 294 g/mol. The summed E-state index contributed by atoms with van der Waals surface area (Å²) in [5.74, 6) is -0.439. The normalized spacial score (nSPS) is 11.0. The van der Waals surface area contributed by atoms with Gasteiger partial charge in [0, 0.05) is 22.5 Å². The summed E-state index contributed by atoms with van der Waals surface area (Å²) in [6.07, 6.45) is 1.34. The van der Waals surface area contributed by atoms with Gasteiger partial charge in [0.05, 0.1) is 11.8 Å². The maximum atomic E-state index is 12.2. The Bertz CT molecular complexity index is 960. The van der Waals surface area contributed by atoms with Crippen LogP contribution in [0.4, 0.5) is 0 Å². The van der Waals surface area contributed by atoms with Crippen molar-refractivity contribution >= 4 is 23.0 Å². The van der Waals surface area contributed by atoms with E-state index in [1.54, 1.807) is 42.5 Å². The van der Waals surface area contributed by atoms with Crippen LogP contribution < -0.4 is 11.0 Å². The molecular formula is C17H13N3O3. The largest absolute Gasteiger partial charge is 0.507 e. The highest BCUT2D eigenvalue weighted by molar-refractivity contribution is 6.06. The van der Waals surface area contributed by atoms with E-state index in [1.807, 2.05) is 0 Å². The van der Waals surface area contributed by atoms with Crippen LogP contribution in [0.5, 0.6) is 5.75 Å². The predicted octanol–water partition coefficient (Wildman–Crippen LogP) is 2.00. The molecule has 2 aromatic carbocycles. The molecule has 3 aromatic rings. The third kappa shape index (κ3) is 3.11. The molecule has 0 aliphatic carbocycles. The standard InChI is InChI=1S/C17H13N3O3/c21-15-8-4-1-5-11(15)10-18-20-17(23)13-9-16(22)19-14-7-3-2-6-12(13)14/h1-10,21H,(H,19,22)(H,20,23)/b18-10-. The van der Waals surface area contributed by atoms with Gasteiger partial charge in [0.25, 0.3) is 5.91 Å². The number of aromatic hydroxyl groups is 1. The number of carbonyl (C=O) groups is 1. The van der Waals surface area contributed by atoms with Crippen LogP contribution in [0.2, 0.25) is 0 Å². The fourth-order valence-corrected chi connectivity index (χ4v) is 2.21. The van der Waals surface area contributed by atoms with Crippen molar-refractivity contribution < 1.29 is 9.90 Å². The number of amides is 1. The number of hydrogen-bond donors (Lipinski definition) is 3. The monoisotopic (exact) mass is 307 g/mol. The quantitative estimate of drug-likeness (QED) is 0.510. The molecule has 0 spiro atoms. The van der Waals surface area contributed by atoms with E-state index in [-0.39, 0.29) is 16.9 Å². The molecule has 0 unspecified atom stereocenters. The van der Waals surface area contributed by atoms with Crippen LogP contribution in [0.15, 0.2) is 64.5 Å². The Morgan fingerprint density at radius 2 is 1.87 bits per heavy atom. The summed E-state index contributed by atoms with van der Waals surface area (Å²) in [6.45, 7) is 0. The first-order valence-corrected chi connectivity index (χ1v) is 6.88. The van der Waals surface area contributed by atoms with Crippen LogP contribution in [0.25, 0.3) is 10.9 Å². The number of hydrogen-bond acceptors (Lipinski definition) is 4. The summed E-state index contributed by atoms with van der Waals surface area (Å²) >= 11 is 0. The van der Waals surface area contributed by atoms with Crippen LogP contribution in [-0.4, -0.2) is 22.2 Å². The molecule has 0 atom stereocenters. The van der Waals surface area contributed by atoms with Crippen molar-refractivity contribution in [3.63, 3.8) is 0 Å². The van der Waals surface area contributed by atoms with Crippen molar-refractivity contribution in [1.29, 1.82) is 0 Å². The van der Waals surface area contributed by atoms with E-state index in [9.17, 15) is 14.7 Å². The number of aromatic amines is 1. The second-order valence-electron chi connectivity index (χ2n) is 4.85. The topological polar surface area (TPSA) is 94.5 Å². The van der Waals surface area contributed by atoms with E-state index in [4.69, 9.17) is 0 Å². The Morgan fingerprint density at radius 3 is 2.70 bits per heavy atom. The number of carbonyl (C=O) groups excluding carboxylic acids is 1. The van der Waals surface area contributed by atoms with Gasteiger partial charge in [0.2, 0.25) is 5.56 Å². The molecule has 1 amide bonds. The van der Waals surface area contributed by atoms with Crippen molar-refractivity contribution in [1.82, 2.24) is 10.4 Å². The molecule has 0 saturated carbocycles. The zero-order valence-electron chi connectivity index (χ0n) is 12.0. The highest BCUT2D eigenvalue weighted by Gasteiger charge is 2.10. The number of pyridine rings is 1. The summed E-state index contributed by atoms with van der Waals surface area (Å²) in [7, 11) is 0. The summed E-state index contributed by atoms with van der Waals surface area (Å²) < 4.78 is 0. The number of fused-ring (bicyclic) bond motifs is 1. The third-order valence-electron chi connectivity index (χ3n) is 3.30. The predicted molar refractivity (Wildman–Crippen MR) is 87.7 cm³/mol. The van der Waals surface area contributed by atoms with Gasteiger partial charge in [-0.2, -0.15) is 5.10 Å². The molecule has 6 nitrogen and oxygen atoms in total. The number of benzene rings is 2. The highest BCUT2D eigenvalue weighted by atomic mass is 16.3. The summed E-state index contributed by atoms with van der Waals surface area (Å²) in [4.78, 5) is 26.6. The number of H-pyrrole nitrogens is 1. The summed E-state index contributed by atoms with van der Waals surface area (Å²) in [6, 6.07) is 14.9. The second kappa shape index (κ2) is 6.15. The molecule has 1 heterocycles. The molecule has 114 valence electrons. The molecule has 0 aliphatic rings. The average Bonchev–Trinajstić information content (AvgIpc) is 2.55. The van der Waals surface area contributed by atoms with Crippen LogP contribution >= 0.6 is 0 Å². The van der Waals surface area contributed by atoms with Crippen LogP contribution in [-0.2, 0) is 0 Å². The minimum atomic E-state index is -0.501. The Labute approximate surface area is 131 Å².